The topological polar surface area (TPSA) is 82.2 Å². The first-order valence-electron chi connectivity index (χ1n) is 5.51. The van der Waals surface area contributed by atoms with Crippen molar-refractivity contribution < 1.29 is 9.53 Å². The van der Waals surface area contributed by atoms with Gasteiger partial charge in [0.05, 0.1) is 25.0 Å². The van der Waals surface area contributed by atoms with Crippen LogP contribution in [0, 0.1) is 0 Å². The Labute approximate surface area is 101 Å². The Hall–Kier alpha value is -1.40. The zero-order chi connectivity index (χ0) is 12.9. The van der Waals surface area contributed by atoms with Gasteiger partial charge >= 0.3 is 0 Å². The van der Waals surface area contributed by atoms with Crippen molar-refractivity contribution in [2.45, 2.75) is 32.4 Å². The van der Waals surface area contributed by atoms with E-state index in [1.54, 1.807) is 24.2 Å². The van der Waals surface area contributed by atoms with Crippen LogP contribution in [0.2, 0.25) is 0 Å². The molecule has 0 atom stereocenters. The zero-order valence-corrected chi connectivity index (χ0v) is 10.6. The third-order valence-corrected chi connectivity index (χ3v) is 2.06. The molecule has 96 valence electrons. The highest BCUT2D eigenvalue weighted by Crippen LogP contribution is 2.09. The number of anilines is 1. The van der Waals surface area contributed by atoms with Crippen LogP contribution in [0.5, 0.6) is 0 Å². The van der Waals surface area contributed by atoms with Gasteiger partial charge in [0, 0.05) is 25.3 Å². The van der Waals surface area contributed by atoms with Gasteiger partial charge in [0.1, 0.15) is 0 Å². The van der Waals surface area contributed by atoms with Crippen molar-refractivity contribution in [2.75, 3.05) is 19.0 Å². The van der Waals surface area contributed by atoms with Crippen molar-refractivity contribution in [1.82, 2.24) is 9.78 Å². The molecule has 17 heavy (non-hydrogen) atoms. The van der Waals surface area contributed by atoms with Gasteiger partial charge in [0.25, 0.3) is 0 Å². The largest absolute Gasteiger partial charge is 0.383 e. The molecule has 1 aromatic rings. The van der Waals surface area contributed by atoms with Crippen LogP contribution in [0.3, 0.4) is 0 Å². The minimum atomic E-state index is -0.504. The maximum absolute atomic E-state index is 11.6. The normalized spacial score (nSPS) is 11.5. The second-order valence-corrected chi connectivity index (χ2v) is 4.70. The lowest BCUT2D eigenvalue weighted by Crippen LogP contribution is -2.36. The van der Waals surface area contributed by atoms with Crippen LogP contribution >= 0.6 is 0 Å². The molecule has 0 radical (unpaired) electrons. The van der Waals surface area contributed by atoms with Crippen LogP contribution in [0.25, 0.3) is 0 Å². The fourth-order valence-electron chi connectivity index (χ4n) is 1.35. The molecule has 3 N–H and O–H groups in total. The minimum Gasteiger partial charge on any atom is -0.383 e. The predicted molar refractivity (Wildman–Crippen MR) is 65.6 cm³/mol. The second-order valence-electron chi connectivity index (χ2n) is 4.70. The standard InChI is InChI=1S/C11H20N4O2/c1-11(2,12)6-10(16)14-9-7-13-15(8-9)4-5-17-3/h7-8H,4-6,12H2,1-3H3,(H,14,16). The van der Waals surface area contributed by atoms with Crippen molar-refractivity contribution in [3.05, 3.63) is 12.4 Å². The number of ether oxygens (including phenoxy) is 1. The summed E-state index contributed by atoms with van der Waals surface area (Å²) in [6.45, 7) is 4.88. The molecule has 0 aromatic carbocycles. The molecule has 0 saturated carbocycles. The number of carbonyl (C=O) groups excluding carboxylic acids is 1. The smallest absolute Gasteiger partial charge is 0.226 e. The first kappa shape index (κ1) is 13.7. The van der Waals surface area contributed by atoms with Gasteiger partial charge in [-0.3, -0.25) is 9.48 Å². The molecule has 0 bridgehead atoms. The number of rotatable bonds is 6. The molecule has 1 amide bonds. The Morgan fingerprint density at radius 2 is 2.35 bits per heavy atom. The van der Waals surface area contributed by atoms with Gasteiger partial charge in [-0.05, 0) is 13.8 Å². The lowest BCUT2D eigenvalue weighted by molar-refractivity contribution is -0.117. The van der Waals surface area contributed by atoms with Crippen LogP contribution in [0.15, 0.2) is 12.4 Å². The number of hydrogen-bond donors (Lipinski definition) is 2. The predicted octanol–water partition coefficient (Wildman–Crippen LogP) is 0.595. The molecule has 1 heterocycles. The number of carbonyl (C=O) groups is 1. The number of nitrogens with zero attached hydrogens (tertiary/aromatic N) is 2. The number of hydrogen-bond acceptors (Lipinski definition) is 4. The Morgan fingerprint density at radius 3 is 2.94 bits per heavy atom. The molecule has 1 aromatic heterocycles. The highest BCUT2D eigenvalue weighted by Gasteiger charge is 2.16. The van der Waals surface area contributed by atoms with Gasteiger partial charge in [-0.25, -0.2) is 0 Å². The Morgan fingerprint density at radius 1 is 1.65 bits per heavy atom. The van der Waals surface area contributed by atoms with Crippen molar-refractivity contribution in [3.8, 4) is 0 Å². The number of methoxy groups -OCH3 is 1. The zero-order valence-electron chi connectivity index (χ0n) is 10.6. The average molecular weight is 240 g/mol. The van der Waals surface area contributed by atoms with E-state index in [0.717, 1.165) is 0 Å². The van der Waals surface area contributed by atoms with E-state index in [4.69, 9.17) is 10.5 Å². The van der Waals surface area contributed by atoms with E-state index in [9.17, 15) is 4.79 Å². The van der Waals surface area contributed by atoms with E-state index in [0.29, 0.717) is 18.8 Å². The number of aromatic nitrogens is 2. The van der Waals surface area contributed by atoms with Crippen LogP contribution in [0.4, 0.5) is 5.69 Å². The molecule has 0 unspecified atom stereocenters. The lowest BCUT2D eigenvalue weighted by atomic mass is 10.0. The number of amides is 1. The quantitative estimate of drug-likeness (QED) is 0.762. The lowest BCUT2D eigenvalue weighted by Gasteiger charge is -2.16. The first-order valence-corrected chi connectivity index (χ1v) is 5.51. The number of nitrogens with two attached hydrogens (primary N) is 1. The van der Waals surface area contributed by atoms with Crippen LogP contribution in [0.1, 0.15) is 20.3 Å². The van der Waals surface area contributed by atoms with Crippen LogP contribution in [-0.4, -0.2) is 34.9 Å². The van der Waals surface area contributed by atoms with Crippen LogP contribution < -0.4 is 11.1 Å². The maximum atomic E-state index is 11.6. The minimum absolute atomic E-state index is 0.108. The first-order chi connectivity index (χ1) is 7.90. The summed E-state index contributed by atoms with van der Waals surface area (Å²) < 4.78 is 6.65. The van der Waals surface area contributed by atoms with Crippen molar-refractivity contribution >= 4 is 11.6 Å². The maximum Gasteiger partial charge on any atom is 0.226 e. The van der Waals surface area contributed by atoms with Crippen molar-refractivity contribution in [3.63, 3.8) is 0 Å². The molecule has 0 aliphatic carbocycles. The molecule has 6 heteroatoms. The van der Waals surface area contributed by atoms with Gasteiger partial charge in [-0.1, -0.05) is 0 Å². The SMILES string of the molecule is COCCn1cc(NC(=O)CC(C)(C)N)cn1. The Balaban J connectivity index is 2.46. The summed E-state index contributed by atoms with van der Waals surface area (Å²) in [6.07, 6.45) is 3.65. The van der Waals surface area contributed by atoms with E-state index in [2.05, 4.69) is 10.4 Å². The summed E-state index contributed by atoms with van der Waals surface area (Å²) in [5, 5.41) is 6.85. The molecule has 6 nitrogen and oxygen atoms in total. The summed E-state index contributed by atoms with van der Waals surface area (Å²) in [4.78, 5) is 11.6. The summed E-state index contributed by atoms with van der Waals surface area (Å²) in [5.41, 5.74) is 5.94. The molecular weight excluding hydrogens is 220 g/mol. The van der Waals surface area contributed by atoms with E-state index < -0.39 is 5.54 Å². The molecule has 0 aliphatic heterocycles. The third kappa shape index (κ3) is 5.46. The van der Waals surface area contributed by atoms with Crippen molar-refractivity contribution in [2.24, 2.45) is 5.73 Å². The second kappa shape index (κ2) is 5.79. The summed E-state index contributed by atoms with van der Waals surface area (Å²) in [5.74, 6) is -0.108. The molecule has 0 aliphatic rings. The van der Waals surface area contributed by atoms with Gasteiger partial charge in [-0.15, -0.1) is 0 Å². The van der Waals surface area contributed by atoms with E-state index in [1.807, 2.05) is 13.8 Å². The average Bonchev–Trinajstić information content (AvgIpc) is 2.59. The molecular formula is C11H20N4O2. The summed E-state index contributed by atoms with van der Waals surface area (Å²) in [7, 11) is 1.63. The van der Waals surface area contributed by atoms with Gasteiger partial charge in [-0.2, -0.15) is 5.10 Å². The van der Waals surface area contributed by atoms with Crippen LogP contribution in [-0.2, 0) is 16.1 Å². The van der Waals surface area contributed by atoms with E-state index in [-0.39, 0.29) is 12.3 Å². The molecule has 0 spiro atoms. The molecule has 0 fully saturated rings. The monoisotopic (exact) mass is 240 g/mol. The fraction of sp³-hybridized carbons (Fsp3) is 0.636. The van der Waals surface area contributed by atoms with Gasteiger partial charge in [0.15, 0.2) is 0 Å². The Kier molecular flexibility index (Phi) is 4.65. The number of nitrogens with one attached hydrogen (secondary N) is 1. The summed E-state index contributed by atoms with van der Waals surface area (Å²) >= 11 is 0. The van der Waals surface area contributed by atoms with Crippen molar-refractivity contribution in [1.29, 1.82) is 0 Å². The van der Waals surface area contributed by atoms with Gasteiger partial charge in [0.2, 0.25) is 5.91 Å². The Bertz CT molecular complexity index is 368. The summed E-state index contributed by atoms with van der Waals surface area (Å²) in [6, 6.07) is 0. The third-order valence-electron chi connectivity index (χ3n) is 2.06. The molecule has 0 saturated heterocycles. The van der Waals surface area contributed by atoms with E-state index in [1.165, 1.54) is 0 Å². The fourth-order valence-corrected chi connectivity index (χ4v) is 1.35. The van der Waals surface area contributed by atoms with Gasteiger partial charge < -0.3 is 15.8 Å². The highest BCUT2D eigenvalue weighted by molar-refractivity contribution is 5.91. The van der Waals surface area contributed by atoms with E-state index >= 15 is 0 Å². The highest BCUT2D eigenvalue weighted by atomic mass is 16.5. The molecule has 1 rings (SSSR count).